The third-order valence-electron chi connectivity index (χ3n) is 3.74. The van der Waals surface area contributed by atoms with Crippen LogP contribution < -0.4 is 0 Å². The number of hydrogen-bond donors (Lipinski definition) is 0. The normalized spacial score (nSPS) is 10.6. The minimum Gasteiger partial charge on any atom is -0.304 e. The number of alkyl halides is 2. The number of unbranched alkanes of at least 4 members (excludes halogenated alkanes) is 8. The Kier molecular flexibility index (Phi) is 26.3. The highest BCUT2D eigenvalue weighted by atomic mass is 79.9. The fourth-order valence-electron chi connectivity index (χ4n) is 2.20. The van der Waals surface area contributed by atoms with Gasteiger partial charge in [0.25, 0.3) is 0 Å². The van der Waals surface area contributed by atoms with Crippen LogP contribution in [0, 0.1) is 0 Å². The van der Waals surface area contributed by atoms with Gasteiger partial charge < -0.3 is 4.90 Å². The predicted molar refractivity (Wildman–Crippen MR) is 104 cm³/mol. The summed E-state index contributed by atoms with van der Waals surface area (Å²) >= 11 is 8.65. The highest BCUT2D eigenvalue weighted by Gasteiger charge is 1.97. The van der Waals surface area contributed by atoms with Crippen molar-refractivity contribution < 1.29 is 0 Å². The zero-order chi connectivity index (χ0) is 16.2. The number of halogens is 2. The Hall–Kier alpha value is 0.730. The van der Waals surface area contributed by atoms with E-state index in [-0.39, 0.29) is 0 Å². The van der Waals surface area contributed by atoms with Crippen molar-refractivity contribution in [2.75, 3.05) is 30.8 Å². The lowest BCUT2D eigenvalue weighted by molar-refractivity contribution is 0.295. The second-order valence-corrected chi connectivity index (χ2v) is 6.76. The van der Waals surface area contributed by atoms with Crippen LogP contribution in [-0.4, -0.2) is 35.7 Å². The average Bonchev–Trinajstić information content (AvgIpc) is 2.52. The third-order valence-corrected chi connectivity index (χ3v) is 4.57. The number of hydrogen-bond acceptors (Lipinski definition) is 1. The highest BCUT2D eigenvalue weighted by molar-refractivity contribution is 9.09. The van der Waals surface area contributed by atoms with Crippen molar-refractivity contribution in [2.24, 2.45) is 0 Å². The molecule has 0 aliphatic heterocycles. The largest absolute Gasteiger partial charge is 0.304 e. The first-order chi connectivity index (χ1) is 10.3. The summed E-state index contributed by atoms with van der Waals surface area (Å²) in [5.74, 6) is 0.797. The van der Waals surface area contributed by atoms with Crippen LogP contribution in [0.5, 0.6) is 0 Å². The first-order valence-corrected chi connectivity index (χ1v) is 10.8. The Balaban J connectivity index is 0. The summed E-state index contributed by atoms with van der Waals surface area (Å²) in [5, 5.41) is 1.08. The SMILES string of the molecule is CCCCCCCCCCN(CC)CC.ClCCCCBr. The summed E-state index contributed by atoms with van der Waals surface area (Å²) in [6.45, 7) is 10.5. The fraction of sp³-hybridized carbons (Fsp3) is 1.00. The molecule has 0 saturated carbocycles. The molecule has 0 aliphatic rings. The number of nitrogens with zero attached hydrogens (tertiary/aromatic N) is 1. The maximum absolute atomic E-state index is 5.36. The van der Waals surface area contributed by atoms with Crippen LogP contribution in [0.25, 0.3) is 0 Å². The van der Waals surface area contributed by atoms with Gasteiger partial charge >= 0.3 is 0 Å². The Bertz CT molecular complexity index is 159. The molecule has 0 radical (unpaired) electrons. The standard InChI is InChI=1S/C14H31N.C4H8BrCl/c1-4-7-8-9-10-11-12-13-14-15(5-2)6-3;5-3-1-2-4-6/h4-14H2,1-3H3;1-4H2. The second kappa shape index (κ2) is 23.0. The van der Waals surface area contributed by atoms with Gasteiger partial charge in [0.15, 0.2) is 0 Å². The molecule has 0 atom stereocenters. The Labute approximate surface area is 148 Å². The summed E-state index contributed by atoms with van der Waals surface area (Å²) in [5.41, 5.74) is 0. The molecular formula is C18H39BrClN. The molecule has 0 aromatic carbocycles. The number of rotatable bonds is 14. The summed E-state index contributed by atoms with van der Waals surface area (Å²) in [6.07, 6.45) is 13.8. The molecule has 0 N–H and O–H groups in total. The van der Waals surface area contributed by atoms with Gasteiger partial charge in [-0.15, -0.1) is 11.6 Å². The maximum Gasteiger partial charge on any atom is 0.0223 e. The quantitative estimate of drug-likeness (QED) is 0.233. The van der Waals surface area contributed by atoms with Crippen LogP contribution in [0.15, 0.2) is 0 Å². The minimum absolute atomic E-state index is 0.797. The van der Waals surface area contributed by atoms with E-state index in [1.807, 2.05) is 0 Å². The van der Waals surface area contributed by atoms with Crippen molar-refractivity contribution in [3.05, 3.63) is 0 Å². The summed E-state index contributed by atoms with van der Waals surface area (Å²) < 4.78 is 0. The van der Waals surface area contributed by atoms with Gasteiger partial charge in [0.05, 0.1) is 0 Å². The molecule has 0 saturated heterocycles. The molecule has 0 aromatic heterocycles. The molecule has 130 valence electrons. The summed E-state index contributed by atoms with van der Waals surface area (Å²) in [7, 11) is 0. The zero-order valence-electron chi connectivity index (χ0n) is 14.8. The van der Waals surface area contributed by atoms with E-state index in [1.54, 1.807) is 0 Å². The van der Waals surface area contributed by atoms with Crippen LogP contribution in [0.1, 0.15) is 85.0 Å². The molecule has 0 fully saturated rings. The van der Waals surface area contributed by atoms with E-state index in [0.29, 0.717) is 0 Å². The van der Waals surface area contributed by atoms with E-state index in [0.717, 1.165) is 17.6 Å². The molecule has 0 aromatic rings. The van der Waals surface area contributed by atoms with Crippen molar-refractivity contribution in [1.29, 1.82) is 0 Å². The van der Waals surface area contributed by atoms with E-state index in [9.17, 15) is 0 Å². The van der Waals surface area contributed by atoms with Crippen LogP contribution in [0.4, 0.5) is 0 Å². The van der Waals surface area contributed by atoms with Crippen LogP contribution in [0.2, 0.25) is 0 Å². The van der Waals surface area contributed by atoms with Gasteiger partial charge in [-0.25, -0.2) is 0 Å². The highest BCUT2D eigenvalue weighted by Crippen LogP contribution is 2.08. The van der Waals surface area contributed by atoms with E-state index in [1.165, 1.54) is 77.4 Å². The van der Waals surface area contributed by atoms with Crippen molar-refractivity contribution in [1.82, 2.24) is 4.90 Å². The lowest BCUT2D eigenvalue weighted by atomic mass is 10.1. The van der Waals surface area contributed by atoms with Gasteiger partial charge in [-0.3, -0.25) is 0 Å². The van der Waals surface area contributed by atoms with Gasteiger partial charge in [-0.2, -0.15) is 0 Å². The van der Waals surface area contributed by atoms with Crippen molar-refractivity contribution in [3.63, 3.8) is 0 Å². The lowest BCUT2D eigenvalue weighted by Gasteiger charge is -2.17. The van der Waals surface area contributed by atoms with E-state index >= 15 is 0 Å². The Morgan fingerprint density at radius 3 is 1.62 bits per heavy atom. The van der Waals surface area contributed by atoms with Crippen LogP contribution in [-0.2, 0) is 0 Å². The average molecular weight is 385 g/mol. The molecule has 21 heavy (non-hydrogen) atoms. The van der Waals surface area contributed by atoms with Crippen molar-refractivity contribution in [2.45, 2.75) is 85.0 Å². The minimum atomic E-state index is 0.797. The molecule has 0 unspecified atom stereocenters. The van der Waals surface area contributed by atoms with Crippen molar-refractivity contribution in [3.8, 4) is 0 Å². The van der Waals surface area contributed by atoms with Gasteiger partial charge in [0.1, 0.15) is 0 Å². The maximum atomic E-state index is 5.36. The van der Waals surface area contributed by atoms with E-state index < -0.39 is 0 Å². The molecule has 0 spiro atoms. The summed E-state index contributed by atoms with van der Waals surface area (Å²) in [4.78, 5) is 2.52. The zero-order valence-corrected chi connectivity index (χ0v) is 17.2. The first-order valence-electron chi connectivity index (χ1n) is 9.10. The molecule has 0 rings (SSSR count). The fourth-order valence-corrected chi connectivity index (χ4v) is 2.78. The molecule has 1 nitrogen and oxygen atoms in total. The van der Waals surface area contributed by atoms with Gasteiger partial charge in [0, 0.05) is 11.2 Å². The second-order valence-electron chi connectivity index (χ2n) is 5.59. The monoisotopic (exact) mass is 383 g/mol. The smallest absolute Gasteiger partial charge is 0.0223 e. The van der Waals surface area contributed by atoms with Crippen LogP contribution >= 0.6 is 27.5 Å². The molecule has 0 aliphatic carbocycles. The van der Waals surface area contributed by atoms with E-state index in [2.05, 4.69) is 41.6 Å². The molecule has 0 heterocycles. The molecule has 0 bridgehead atoms. The summed E-state index contributed by atoms with van der Waals surface area (Å²) in [6, 6.07) is 0. The Morgan fingerprint density at radius 1 is 0.714 bits per heavy atom. The topological polar surface area (TPSA) is 3.24 Å². The predicted octanol–water partition coefficient (Wildman–Crippen LogP) is 6.87. The van der Waals surface area contributed by atoms with Gasteiger partial charge in [-0.05, 0) is 38.9 Å². The molecule has 0 amide bonds. The van der Waals surface area contributed by atoms with Gasteiger partial charge in [0.2, 0.25) is 0 Å². The van der Waals surface area contributed by atoms with E-state index in [4.69, 9.17) is 11.6 Å². The third kappa shape index (κ3) is 23.1. The van der Waals surface area contributed by atoms with Gasteiger partial charge in [-0.1, -0.05) is 81.6 Å². The molecule has 3 heteroatoms. The lowest BCUT2D eigenvalue weighted by Crippen LogP contribution is -2.23. The molecular weight excluding hydrogens is 346 g/mol. The Morgan fingerprint density at radius 2 is 1.24 bits per heavy atom. The first kappa shape index (κ1) is 24.0. The van der Waals surface area contributed by atoms with Crippen LogP contribution in [0.3, 0.4) is 0 Å². The van der Waals surface area contributed by atoms with Crippen molar-refractivity contribution >= 4 is 27.5 Å².